The highest BCUT2D eigenvalue weighted by molar-refractivity contribution is 5.86. The minimum atomic E-state index is -1.21. The predicted octanol–water partition coefficient (Wildman–Crippen LogP) is 1.24. The molecule has 0 aliphatic heterocycles. The van der Waals surface area contributed by atoms with E-state index in [0.29, 0.717) is 5.56 Å². The molecule has 2 aromatic rings. The van der Waals surface area contributed by atoms with Crippen LogP contribution in [0.2, 0.25) is 0 Å². The lowest BCUT2D eigenvalue weighted by Gasteiger charge is -2.04. The van der Waals surface area contributed by atoms with Crippen LogP contribution >= 0.6 is 0 Å². The molecule has 0 unspecified atom stereocenters. The Labute approximate surface area is 95.7 Å². The van der Waals surface area contributed by atoms with E-state index < -0.39 is 5.97 Å². The van der Waals surface area contributed by atoms with Gasteiger partial charge in [-0.05, 0) is 6.07 Å². The highest BCUT2D eigenvalue weighted by Gasteiger charge is 2.16. The van der Waals surface area contributed by atoms with Gasteiger partial charge in [-0.15, -0.1) is 0 Å². The highest BCUT2D eigenvalue weighted by atomic mass is 16.5. The van der Waals surface area contributed by atoms with E-state index in [1.54, 1.807) is 18.2 Å². The summed E-state index contributed by atoms with van der Waals surface area (Å²) in [7, 11) is 0. The van der Waals surface area contributed by atoms with Crippen LogP contribution in [0.1, 0.15) is 16.1 Å². The zero-order chi connectivity index (χ0) is 12.4. The maximum absolute atomic E-state index is 10.6. The van der Waals surface area contributed by atoms with Gasteiger partial charge in [-0.1, -0.05) is 17.3 Å². The molecular weight excluding hydrogens is 226 g/mol. The Morgan fingerprint density at radius 2 is 2.18 bits per heavy atom. The van der Waals surface area contributed by atoms with Crippen molar-refractivity contribution in [3.63, 3.8) is 0 Å². The molecule has 0 spiro atoms. The minimum absolute atomic E-state index is 0.134. The molecule has 0 atom stereocenters. The first kappa shape index (κ1) is 11.2. The largest absolute Gasteiger partial charge is 0.507 e. The highest BCUT2D eigenvalue weighted by Crippen LogP contribution is 2.32. The maximum Gasteiger partial charge on any atom is 0.358 e. The van der Waals surface area contributed by atoms with E-state index in [0.717, 1.165) is 0 Å². The number of hydrogen-bond acceptors (Lipinski definition) is 5. The molecule has 0 amide bonds. The average Bonchev–Trinajstić information content (AvgIpc) is 2.78. The molecule has 3 N–H and O–H groups in total. The van der Waals surface area contributed by atoms with E-state index >= 15 is 0 Å². The SMILES string of the molecule is O=C(O)c1cc(-c2cccc(CO)c2O)on1. The molecule has 0 aliphatic rings. The summed E-state index contributed by atoms with van der Waals surface area (Å²) >= 11 is 0. The van der Waals surface area contributed by atoms with E-state index in [1.807, 2.05) is 0 Å². The standard InChI is InChI=1S/C11H9NO5/c13-5-6-2-1-3-7(10(6)14)9-4-8(11(15)16)12-17-9/h1-4,13-14H,5H2,(H,15,16). The summed E-state index contributed by atoms with van der Waals surface area (Å²) in [5.41, 5.74) is 0.376. The fraction of sp³-hybridized carbons (Fsp3) is 0.0909. The molecule has 0 radical (unpaired) electrons. The normalized spacial score (nSPS) is 10.4. The zero-order valence-corrected chi connectivity index (χ0v) is 8.62. The van der Waals surface area contributed by atoms with Crippen molar-refractivity contribution in [3.05, 3.63) is 35.5 Å². The summed E-state index contributed by atoms with van der Waals surface area (Å²) in [6, 6.07) is 5.91. The first-order chi connectivity index (χ1) is 8.13. The average molecular weight is 235 g/mol. The van der Waals surface area contributed by atoms with Crippen molar-refractivity contribution in [2.75, 3.05) is 0 Å². The number of carboxylic acids is 1. The van der Waals surface area contributed by atoms with E-state index in [-0.39, 0.29) is 29.4 Å². The number of phenols is 1. The lowest BCUT2D eigenvalue weighted by Crippen LogP contribution is -1.94. The van der Waals surface area contributed by atoms with Gasteiger partial charge >= 0.3 is 5.97 Å². The molecule has 0 saturated carbocycles. The van der Waals surface area contributed by atoms with Gasteiger partial charge in [0.05, 0.1) is 12.2 Å². The molecule has 0 aliphatic carbocycles. The van der Waals surface area contributed by atoms with Gasteiger partial charge in [0.2, 0.25) is 0 Å². The van der Waals surface area contributed by atoms with Crippen LogP contribution in [0.5, 0.6) is 5.75 Å². The zero-order valence-electron chi connectivity index (χ0n) is 8.62. The number of rotatable bonds is 3. The summed E-state index contributed by atoms with van der Waals surface area (Å²) in [5, 5.41) is 30.8. The van der Waals surface area contributed by atoms with Crippen LogP contribution in [-0.2, 0) is 6.61 Å². The van der Waals surface area contributed by atoms with Gasteiger partial charge in [0.1, 0.15) is 5.75 Å². The van der Waals surface area contributed by atoms with Crippen molar-refractivity contribution in [2.45, 2.75) is 6.61 Å². The van der Waals surface area contributed by atoms with Crippen LogP contribution in [0.3, 0.4) is 0 Å². The lowest BCUT2D eigenvalue weighted by molar-refractivity contribution is 0.0686. The quantitative estimate of drug-likeness (QED) is 0.739. The van der Waals surface area contributed by atoms with Crippen molar-refractivity contribution in [3.8, 4) is 17.1 Å². The molecule has 6 heteroatoms. The van der Waals surface area contributed by atoms with Gasteiger partial charge in [0.25, 0.3) is 0 Å². The number of nitrogens with zero attached hydrogens (tertiary/aromatic N) is 1. The van der Waals surface area contributed by atoms with Gasteiger partial charge in [0.15, 0.2) is 11.5 Å². The van der Waals surface area contributed by atoms with Gasteiger partial charge in [0, 0.05) is 11.6 Å². The van der Waals surface area contributed by atoms with Gasteiger partial charge < -0.3 is 19.8 Å². The molecule has 0 saturated heterocycles. The van der Waals surface area contributed by atoms with Crippen LogP contribution in [-0.4, -0.2) is 26.4 Å². The van der Waals surface area contributed by atoms with Crippen LogP contribution in [0.4, 0.5) is 0 Å². The number of aromatic hydroxyl groups is 1. The molecule has 88 valence electrons. The van der Waals surface area contributed by atoms with Gasteiger partial charge in [-0.25, -0.2) is 4.79 Å². The molecule has 0 fully saturated rings. The number of aliphatic hydroxyl groups excluding tert-OH is 1. The Hall–Kier alpha value is -2.34. The van der Waals surface area contributed by atoms with Gasteiger partial charge in [-0.3, -0.25) is 0 Å². The fourth-order valence-corrected chi connectivity index (χ4v) is 1.42. The summed E-state index contributed by atoms with van der Waals surface area (Å²) in [5.74, 6) is -1.23. The molecule has 1 aromatic carbocycles. The second-order valence-electron chi connectivity index (χ2n) is 3.35. The Bertz CT molecular complexity index is 561. The number of benzene rings is 1. The molecular formula is C11H9NO5. The topological polar surface area (TPSA) is 104 Å². The van der Waals surface area contributed by atoms with Gasteiger partial charge in [-0.2, -0.15) is 0 Å². The van der Waals surface area contributed by atoms with Crippen molar-refractivity contribution < 1.29 is 24.6 Å². The predicted molar refractivity (Wildman–Crippen MR) is 56.5 cm³/mol. The second-order valence-corrected chi connectivity index (χ2v) is 3.35. The number of carboxylic acid groups (broad SMARTS) is 1. The molecule has 6 nitrogen and oxygen atoms in total. The number of para-hydroxylation sites is 1. The van der Waals surface area contributed by atoms with Crippen LogP contribution in [0, 0.1) is 0 Å². The fourth-order valence-electron chi connectivity index (χ4n) is 1.42. The smallest absolute Gasteiger partial charge is 0.358 e. The summed E-state index contributed by atoms with van der Waals surface area (Å²) in [4.78, 5) is 10.6. The van der Waals surface area contributed by atoms with Crippen molar-refractivity contribution >= 4 is 5.97 Å². The maximum atomic E-state index is 10.6. The van der Waals surface area contributed by atoms with E-state index in [2.05, 4.69) is 5.16 Å². The van der Waals surface area contributed by atoms with Crippen LogP contribution < -0.4 is 0 Å². The first-order valence-electron chi connectivity index (χ1n) is 4.75. The van der Waals surface area contributed by atoms with Crippen LogP contribution in [0.25, 0.3) is 11.3 Å². The summed E-state index contributed by atoms with van der Waals surface area (Å²) in [6.45, 7) is -0.320. The molecule has 17 heavy (non-hydrogen) atoms. The molecule has 0 bridgehead atoms. The number of aromatic nitrogens is 1. The lowest BCUT2D eigenvalue weighted by atomic mass is 10.1. The second kappa shape index (κ2) is 4.26. The minimum Gasteiger partial charge on any atom is -0.507 e. The summed E-state index contributed by atoms with van der Waals surface area (Å²) < 4.78 is 4.82. The first-order valence-corrected chi connectivity index (χ1v) is 4.75. The number of aliphatic hydroxyl groups is 1. The molecule has 2 rings (SSSR count). The third kappa shape index (κ3) is 1.98. The van der Waals surface area contributed by atoms with E-state index in [9.17, 15) is 9.90 Å². The Morgan fingerprint density at radius 1 is 1.41 bits per heavy atom. The Morgan fingerprint density at radius 3 is 2.76 bits per heavy atom. The van der Waals surface area contributed by atoms with Crippen molar-refractivity contribution in [1.82, 2.24) is 5.16 Å². The van der Waals surface area contributed by atoms with Crippen molar-refractivity contribution in [1.29, 1.82) is 0 Å². The van der Waals surface area contributed by atoms with E-state index in [4.69, 9.17) is 14.7 Å². The summed E-state index contributed by atoms with van der Waals surface area (Å²) in [6.07, 6.45) is 0. The van der Waals surface area contributed by atoms with Crippen LogP contribution in [0.15, 0.2) is 28.8 Å². The molecule has 1 aromatic heterocycles. The number of hydrogen-bond donors (Lipinski definition) is 3. The number of carbonyl (C=O) groups is 1. The van der Waals surface area contributed by atoms with Crippen molar-refractivity contribution in [2.24, 2.45) is 0 Å². The Kier molecular flexibility index (Phi) is 2.80. The molecule has 1 heterocycles. The Balaban J connectivity index is 2.49. The monoisotopic (exact) mass is 235 g/mol. The third-order valence-corrected chi connectivity index (χ3v) is 2.28. The number of aromatic carboxylic acids is 1. The van der Waals surface area contributed by atoms with E-state index in [1.165, 1.54) is 6.07 Å². The third-order valence-electron chi connectivity index (χ3n) is 2.28.